The van der Waals surface area contributed by atoms with Crippen molar-refractivity contribution >= 4 is 28.3 Å². The molecule has 1 N–H and O–H groups in total. The highest BCUT2D eigenvalue weighted by Gasteiger charge is 2.45. The summed E-state index contributed by atoms with van der Waals surface area (Å²) in [6.45, 7) is 12.5. The highest BCUT2D eigenvalue weighted by molar-refractivity contribution is 6.27. The maximum absolute atomic E-state index is 13.7. The van der Waals surface area contributed by atoms with Gasteiger partial charge in [0.05, 0.1) is 0 Å². The number of amides is 2. The Labute approximate surface area is 190 Å². The minimum Gasteiger partial charge on any atom is -0.368 e. The first-order valence-electron chi connectivity index (χ1n) is 11.7. The number of carbonyl (C=O) groups is 2. The van der Waals surface area contributed by atoms with Gasteiger partial charge >= 0.3 is 0 Å². The van der Waals surface area contributed by atoms with Crippen molar-refractivity contribution in [2.75, 3.05) is 38.1 Å². The van der Waals surface area contributed by atoms with Gasteiger partial charge in [0.1, 0.15) is 0 Å². The van der Waals surface area contributed by atoms with Gasteiger partial charge in [0, 0.05) is 70.9 Å². The SMILES string of the molecule is CN1CCN(c2ccc3c4c(cccc24)C(=O)N(C2CC(C)(C)NC(C)(C)C2)C3=O)CC1. The lowest BCUT2D eigenvalue weighted by Gasteiger charge is -2.49. The summed E-state index contributed by atoms with van der Waals surface area (Å²) in [4.78, 5) is 33.7. The molecule has 0 atom stereocenters. The second-order valence-corrected chi connectivity index (χ2v) is 11.1. The quantitative estimate of drug-likeness (QED) is 0.734. The first-order valence-corrected chi connectivity index (χ1v) is 11.7. The fourth-order valence-electron chi connectivity index (χ4n) is 6.21. The zero-order valence-corrected chi connectivity index (χ0v) is 19.9. The third-order valence-corrected chi connectivity index (χ3v) is 7.29. The van der Waals surface area contributed by atoms with E-state index in [1.54, 1.807) is 4.90 Å². The molecule has 2 amide bonds. The summed E-state index contributed by atoms with van der Waals surface area (Å²) < 4.78 is 0. The van der Waals surface area contributed by atoms with Gasteiger partial charge in [-0.2, -0.15) is 0 Å². The Morgan fingerprint density at radius 3 is 2.06 bits per heavy atom. The molecule has 3 heterocycles. The Kier molecular flexibility index (Phi) is 4.88. The average Bonchev–Trinajstić information content (AvgIpc) is 2.70. The van der Waals surface area contributed by atoms with Crippen LogP contribution in [0.2, 0.25) is 0 Å². The van der Waals surface area contributed by atoms with Crippen molar-refractivity contribution in [2.45, 2.75) is 57.7 Å². The van der Waals surface area contributed by atoms with Gasteiger partial charge in [-0.3, -0.25) is 14.5 Å². The number of hydrogen-bond acceptors (Lipinski definition) is 5. The van der Waals surface area contributed by atoms with Gasteiger partial charge in [0.15, 0.2) is 0 Å². The van der Waals surface area contributed by atoms with Crippen LogP contribution in [0.3, 0.4) is 0 Å². The van der Waals surface area contributed by atoms with E-state index in [0.29, 0.717) is 11.1 Å². The Balaban J connectivity index is 1.57. The smallest absolute Gasteiger partial charge is 0.261 e. The number of piperazine rings is 1. The molecule has 6 nitrogen and oxygen atoms in total. The number of anilines is 1. The first kappa shape index (κ1) is 21.4. The summed E-state index contributed by atoms with van der Waals surface area (Å²) in [6, 6.07) is 9.81. The Hall–Kier alpha value is -2.44. The summed E-state index contributed by atoms with van der Waals surface area (Å²) in [5.74, 6) is -0.302. The van der Waals surface area contributed by atoms with Gasteiger partial charge in [-0.05, 0) is 65.8 Å². The number of imide groups is 1. The molecule has 0 aromatic heterocycles. The van der Waals surface area contributed by atoms with E-state index in [2.05, 4.69) is 62.0 Å². The van der Waals surface area contributed by atoms with Crippen molar-refractivity contribution in [3.63, 3.8) is 0 Å². The van der Waals surface area contributed by atoms with Gasteiger partial charge in [0.2, 0.25) is 0 Å². The monoisotopic (exact) mass is 434 g/mol. The van der Waals surface area contributed by atoms with Crippen LogP contribution in [0.25, 0.3) is 10.8 Å². The first-order chi connectivity index (χ1) is 15.1. The summed E-state index contributed by atoms with van der Waals surface area (Å²) in [5.41, 5.74) is 2.14. The maximum Gasteiger partial charge on any atom is 0.261 e. The summed E-state index contributed by atoms with van der Waals surface area (Å²) in [6.07, 6.45) is 1.50. The molecule has 0 spiro atoms. The van der Waals surface area contributed by atoms with Crippen molar-refractivity contribution in [3.8, 4) is 0 Å². The fraction of sp³-hybridized carbons (Fsp3) is 0.538. The number of carbonyl (C=O) groups excluding carboxylic acids is 2. The number of hydrogen-bond donors (Lipinski definition) is 1. The third-order valence-electron chi connectivity index (χ3n) is 7.29. The Bertz CT molecular complexity index is 1060. The second kappa shape index (κ2) is 7.29. The topological polar surface area (TPSA) is 55.9 Å². The van der Waals surface area contributed by atoms with Gasteiger partial charge in [-0.25, -0.2) is 0 Å². The molecule has 0 radical (unpaired) electrons. The lowest BCUT2D eigenvalue weighted by Crippen LogP contribution is -2.63. The fourth-order valence-corrected chi connectivity index (χ4v) is 6.21. The summed E-state index contributed by atoms with van der Waals surface area (Å²) >= 11 is 0. The van der Waals surface area contributed by atoms with Crippen LogP contribution in [-0.2, 0) is 0 Å². The molecule has 170 valence electrons. The predicted octanol–water partition coefficient (Wildman–Crippen LogP) is 3.50. The molecule has 6 heteroatoms. The predicted molar refractivity (Wildman–Crippen MR) is 128 cm³/mol. The lowest BCUT2D eigenvalue weighted by molar-refractivity contribution is 0.0370. The van der Waals surface area contributed by atoms with Crippen LogP contribution in [0, 0.1) is 0 Å². The minimum absolute atomic E-state index is 0.123. The number of benzene rings is 2. The molecule has 32 heavy (non-hydrogen) atoms. The molecular weight excluding hydrogens is 400 g/mol. The lowest BCUT2D eigenvalue weighted by atomic mass is 9.78. The molecule has 2 fully saturated rings. The zero-order valence-electron chi connectivity index (χ0n) is 19.9. The van der Waals surface area contributed by atoms with Crippen molar-refractivity contribution in [2.24, 2.45) is 0 Å². The van der Waals surface area contributed by atoms with Crippen molar-refractivity contribution in [1.82, 2.24) is 15.1 Å². The van der Waals surface area contributed by atoms with E-state index in [1.165, 1.54) is 0 Å². The van der Waals surface area contributed by atoms with E-state index in [1.807, 2.05) is 18.2 Å². The number of rotatable bonds is 2. The average molecular weight is 435 g/mol. The maximum atomic E-state index is 13.7. The highest BCUT2D eigenvalue weighted by atomic mass is 16.2. The zero-order chi connectivity index (χ0) is 22.8. The van der Waals surface area contributed by atoms with E-state index >= 15 is 0 Å². The molecule has 3 aliphatic heterocycles. The van der Waals surface area contributed by atoms with Crippen LogP contribution in [0.1, 0.15) is 61.3 Å². The van der Waals surface area contributed by atoms with Crippen LogP contribution in [0.4, 0.5) is 5.69 Å². The molecule has 3 aliphatic rings. The van der Waals surface area contributed by atoms with E-state index in [9.17, 15) is 9.59 Å². The van der Waals surface area contributed by atoms with E-state index in [-0.39, 0.29) is 28.9 Å². The number of likely N-dealkylation sites (N-methyl/N-ethyl adjacent to an activating group) is 1. The number of nitrogens with one attached hydrogen (secondary N) is 1. The van der Waals surface area contributed by atoms with Crippen LogP contribution >= 0.6 is 0 Å². The Morgan fingerprint density at radius 2 is 1.44 bits per heavy atom. The van der Waals surface area contributed by atoms with E-state index in [0.717, 1.165) is 55.5 Å². The molecule has 0 saturated carbocycles. The molecule has 2 saturated heterocycles. The molecule has 2 aromatic carbocycles. The molecule has 2 aromatic rings. The van der Waals surface area contributed by atoms with Crippen molar-refractivity contribution in [1.29, 1.82) is 0 Å². The van der Waals surface area contributed by atoms with Gasteiger partial charge in [-0.1, -0.05) is 12.1 Å². The van der Waals surface area contributed by atoms with E-state index < -0.39 is 0 Å². The Morgan fingerprint density at radius 1 is 0.844 bits per heavy atom. The standard InChI is InChI=1S/C26H34N4O2/c1-25(2)15-17(16-26(3,4)27-25)30-23(31)19-8-6-7-18-21(29-13-11-28(5)12-14-29)10-9-20(22(18)19)24(30)32/h6-10,17,27H,11-16H2,1-5H3. The van der Waals surface area contributed by atoms with Crippen LogP contribution in [-0.4, -0.2) is 72.0 Å². The number of nitrogens with zero attached hydrogens (tertiary/aromatic N) is 3. The van der Waals surface area contributed by atoms with Gasteiger partial charge in [0.25, 0.3) is 11.8 Å². The normalized spacial score (nSPS) is 23.8. The number of piperidine rings is 1. The molecule has 0 bridgehead atoms. The molecular formula is C26H34N4O2. The van der Waals surface area contributed by atoms with Crippen molar-refractivity contribution < 1.29 is 9.59 Å². The second-order valence-electron chi connectivity index (χ2n) is 11.1. The van der Waals surface area contributed by atoms with Gasteiger partial charge in [-0.15, -0.1) is 0 Å². The third kappa shape index (κ3) is 3.50. The minimum atomic E-state index is -0.151. The molecule has 5 rings (SSSR count). The van der Waals surface area contributed by atoms with Crippen LogP contribution < -0.4 is 10.2 Å². The largest absolute Gasteiger partial charge is 0.368 e. The van der Waals surface area contributed by atoms with Crippen molar-refractivity contribution in [3.05, 3.63) is 41.5 Å². The van der Waals surface area contributed by atoms with Crippen LogP contribution in [0.15, 0.2) is 30.3 Å². The molecule has 0 aliphatic carbocycles. The van der Waals surface area contributed by atoms with Gasteiger partial charge < -0.3 is 15.1 Å². The molecule has 0 unspecified atom stereocenters. The summed E-state index contributed by atoms with van der Waals surface area (Å²) in [5, 5.41) is 5.49. The van der Waals surface area contributed by atoms with Crippen LogP contribution in [0.5, 0.6) is 0 Å². The summed E-state index contributed by atoms with van der Waals surface area (Å²) in [7, 11) is 2.14. The highest BCUT2D eigenvalue weighted by Crippen LogP contribution is 2.40. The van der Waals surface area contributed by atoms with E-state index in [4.69, 9.17) is 0 Å².